The summed E-state index contributed by atoms with van der Waals surface area (Å²) in [5.41, 5.74) is 3.97. The molecule has 0 fully saturated rings. The van der Waals surface area contributed by atoms with Crippen LogP contribution >= 0.6 is 0 Å². The molecule has 0 spiro atoms. The second-order valence-electron chi connectivity index (χ2n) is 5.32. The minimum Gasteiger partial charge on any atom is -0.481 e. The predicted molar refractivity (Wildman–Crippen MR) is 79.1 cm³/mol. The van der Waals surface area contributed by atoms with Crippen molar-refractivity contribution in [3.05, 3.63) is 35.9 Å². The summed E-state index contributed by atoms with van der Waals surface area (Å²) >= 11 is 0. The molecule has 4 heteroatoms. The molecule has 0 aromatic heterocycles. The van der Waals surface area contributed by atoms with Gasteiger partial charge in [-0.2, -0.15) is 5.48 Å². The van der Waals surface area contributed by atoms with Crippen molar-refractivity contribution in [1.82, 2.24) is 5.48 Å². The van der Waals surface area contributed by atoms with Crippen LogP contribution in [0.3, 0.4) is 0 Å². The molecule has 1 aromatic carbocycles. The van der Waals surface area contributed by atoms with Crippen molar-refractivity contribution in [2.24, 2.45) is 5.92 Å². The highest BCUT2D eigenvalue weighted by Gasteiger charge is 2.16. The lowest BCUT2D eigenvalue weighted by Crippen LogP contribution is -2.33. The summed E-state index contributed by atoms with van der Waals surface area (Å²) in [6, 6.07) is 9.68. The van der Waals surface area contributed by atoms with E-state index < -0.39 is 5.97 Å². The van der Waals surface area contributed by atoms with E-state index >= 15 is 0 Å². The van der Waals surface area contributed by atoms with Gasteiger partial charge in [0, 0.05) is 6.04 Å². The number of benzene rings is 1. The first-order valence-electron chi connectivity index (χ1n) is 7.24. The van der Waals surface area contributed by atoms with E-state index in [0.29, 0.717) is 12.5 Å². The van der Waals surface area contributed by atoms with E-state index in [1.807, 2.05) is 30.3 Å². The molecule has 2 N–H and O–H groups in total. The maximum absolute atomic E-state index is 10.9. The summed E-state index contributed by atoms with van der Waals surface area (Å²) in [5, 5.41) is 8.95. The zero-order valence-electron chi connectivity index (χ0n) is 12.3. The molecule has 0 bridgehead atoms. The summed E-state index contributed by atoms with van der Waals surface area (Å²) in [5.74, 6) is -0.299. The molecular weight excluding hydrogens is 254 g/mol. The molecule has 0 unspecified atom stereocenters. The van der Waals surface area contributed by atoms with Gasteiger partial charge in [-0.25, -0.2) is 0 Å². The first kappa shape index (κ1) is 16.7. The fourth-order valence-electron chi connectivity index (χ4n) is 2.30. The Balaban J connectivity index is 2.37. The van der Waals surface area contributed by atoms with Crippen LogP contribution in [-0.4, -0.2) is 17.1 Å². The van der Waals surface area contributed by atoms with Crippen LogP contribution in [0.1, 0.15) is 45.1 Å². The number of rotatable bonds is 10. The highest BCUT2D eigenvalue weighted by molar-refractivity contribution is 5.67. The van der Waals surface area contributed by atoms with Gasteiger partial charge < -0.3 is 5.11 Å². The fraction of sp³-hybridized carbons (Fsp3) is 0.562. The van der Waals surface area contributed by atoms with Gasteiger partial charge in [0.15, 0.2) is 0 Å². The van der Waals surface area contributed by atoms with Crippen molar-refractivity contribution in [3.8, 4) is 0 Å². The van der Waals surface area contributed by atoms with Crippen LogP contribution in [0.4, 0.5) is 0 Å². The molecule has 0 amide bonds. The van der Waals surface area contributed by atoms with Crippen LogP contribution in [-0.2, 0) is 16.2 Å². The zero-order valence-corrected chi connectivity index (χ0v) is 12.3. The average molecular weight is 279 g/mol. The lowest BCUT2D eigenvalue weighted by molar-refractivity contribution is -0.139. The number of hydrogen-bond donors (Lipinski definition) is 2. The molecule has 0 aliphatic carbocycles. The van der Waals surface area contributed by atoms with Crippen molar-refractivity contribution in [3.63, 3.8) is 0 Å². The van der Waals surface area contributed by atoms with Crippen molar-refractivity contribution in [2.45, 2.75) is 52.2 Å². The summed E-state index contributed by atoms with van der Waals surface area (Å²) < 4.78 is 0. The van der Waals surface area contributed by atoms with Gasteiger partial charge in [0.1, 0.15) is 0 Å². The van der Waals surface area contributed by atoms with E-state index in [4.69, 9.17) is 9.94 Å². The van der Waals surface area contributed by atoms with E-state index in [1.165, 1.54) is 0 Å². The largest absolute Gasteiger partial charge is 0.481 e. The van der Waals surface area contributed by atoms with Gasteiger partial charge in [0.25, 0.3) is 0 Å². The van der Waals surface area contributed by atoms with Gasteiger partial charge in [0.05, 0.1) is 13.0 Å². The summed E-state index contributed by atoms with van der Waals surface area (Å²) in [7, 11) is 0. The van der Waals surface area contributed by atoms with Crippen molar-refractivity contribution < 1.29 is 14.7 Å². The zero-order chi connectivity index (χ0) is 14.8. The van der Waals surface area contributed by atoms with Crippen LogP contribution < -0.4 is 5.48 Å². The first-order valence-corrected chi connectivity index (χ1v) is 7.24. The Morgan fingerprint density at radius 2 is 2.05 bits per heavy atom. The summed E-state index contributed by atoms with van der Waals surface area (Å²) in [4.78, 5) is 16.3. The Kier molecular flexibility index (Phi) is 7.92. The SMILES string of the molecule is CCC[C@@H](C)C[C@@H](CC(=O)O)NOCc1ccccc1. The first-order chi connectivity index (χ1) is 9.61. The molecule has 112 valence electrons. The Morgan fingerprint density at radius 3 is 2.65 bits per heavy atom. The number of hydroxylamine groups is 1. The number of nitrogens with one attached hydrogen (secondary N) is 1. The van der Waals surface area contributed by atoms with Crippen molar-refractivity contribution in [2.75, 3.05) is 0 Å². The molecule has 0 radical (unpaired) electrons. The molecule has 0 heterocycles. The van der Waals surface area contributed by atoms with E-state index in [0.717, 1.165) is 24.8 Å². The second-order valence-corrected chi connectivity index (χ2v) is 5.32. The highest BCUT2D eigenvalue weighted by atomic mass is 16.6. The molecule has 0 saturated heterocycles. The third kappa shape index (κ3) is 7.26. The van der Waals surface area contributed by atoms with Crippen LogP contribution in [0.25, 0.3) is 0 Å². The average Bonchev–Trinajstić information content (AvgIpc) is 2.39. The number of carboxylic acids is 1. The summed E-state index contributed by atoms with van der Waals surface area (Å²) in [6.07, 6.45) is 3.13. The van der Waals surface area contributed by atoms with Gasteiger partial charge in [-0.3, -0.25) is 9.63 Å². The third-order valence-corrected chi connectivity index (χ3v) is 3.22. The monoisotopic (exact) mass is 279 g/mol. The molecule has 0 aliphatic heterocycles. The smallest absolute Gasteiger partial charge is 0.305 e. The van der Waals surface area contributed by atoms with Crippen LogP contribution in [0, 0.1) is 5.92 Å². The molecule has 4 nitrogen and oxygen atoms in total. The van der Waals surface area contributed by atoms with E-state index in [2.05, 4.69) is 19.3 Å². The molecule has 1 rings (SSSR count). The van der Waals surface area contributed by atoms with Gasteiger partial charge >= 0.3 is 5.97 Å². The Labute approximate surface area is 121 Å². The Bertz CT molecular complexity index is 381. The normalized spacial score (nSPS) is 13.9. The van der Waals surface area contributed by atoms with E-state index in [-0.39, 0.29) is 12.5 Å². The second kappa shape index (κ2) is 9.50. The van der Waals surface area contributed by atoms with Gasteiger partial charge in [0.2, 0.25) is 0 Å². The van der Waals surface area contributed by atoms with Crippen molar-refractivity contribution in [1.29, 1.82) is 0 Å². The number of carboxylic acid groups (broad SMARTS) is 1. The topological polar surface area (TPSA) is 58.6 Å². The van der Waals surface area contributed by atoms with Gasteiger partial charge in [-0.15, -0.1) is 0 Å². The molecule has 1 aromatic rings. The minimum atomic E-state index is -0.797. The Hall–Kier alpha value is -1.39. The predicted octanol–water partition coefficient (Wildman–Crippen LogP) is 3.38. The van der Waals surface area contributed by atoms with Crippen molar-refractivity contribution >= 4 is 5.97 Å². The molecule has 0 aliphatic rings. The van der Waals surface area contributed by atoms with Crippen LogP contribution in [0.2, 0.25) is 0 Å². The van der Waals surface area contributed by atoms with E-state index in [9.17, 15) is 4.79 Å². The maximum atomic E-state index is 10.9. The quantitative estimate of drug-likeness (QED) is 0.645. The maximum Gasteiger partial charge on any atom is 0.305 e. The van der Waals surface area contributed by atoms with E-state index in [1.54, 1.807) is 0 Å². The molecular formula is C16H25NO3. The lowest BCUT2D eigenvalue weighted by atomic mass is 9.96. The lowest BCUT2D eigenvalue weighted by Gasteiger charge is -2.20. The number of hydrogen-bond acceptors (Lipinski definition) is 3. The fourth-order valence-corrected chi connectivity index (χ4v) is 2.30. The molecule has 0 saturated carbocycles. The van der Waals surface area contributed by atoms with Crippen LogP contribution in [0.15, 0.2) is 30.3 Å². The third-order valence-electron chi connectivity index (χ3n) is 3.22. The molecule has 20 heavy (non-hydrogen) atoms. The van der Waals surface area contributed by atoms with Crippen LogP contribution in [0.5, 0.6) is 0 Å². The minimum absolute atomic E-state index is 0.0862. The highest BCUT2D eigenvalue weighted by Crippen LogP contribution is 2.15. The Morgan fingerprint density at radius 1 is 1.35 bits per heavy atom. The summed E-state index contributed by atoms with van der Waals surface area (Å²) in [6.45, 7) is 4.73. The standard InChI is InChI=1S/C16H25NO3/c1-3-7-13(2)10-15(11-16(18)19)17-20-12-14-8-5-4-6-9-14/h4-6,8-9,13,15,17H,3,7,10-12H2,1-2H3,(H,18,19)/t13-,15+/m1/s1. The molecule has 2 atom stereocenters. The van der Waals surface area contributed by atoms with Gasteiger partial charge in [-0.05, 0) is 17.9 Å². The van der Waals surface area contributed by atoms with Gasteiger partial charge in [-0.1, -0.05) is 57.0 Å². The number of aliphatic carboxylic acids is 1. The number of carbonyl (C=O) groups is 1.